The first kappa shape index (κ1) is 13.1. The molecule has 94 valence electrons. The molecule has 5 heteroatoms. The third kappa shape index (κ3) is 3.09. The maximum atomic E-state index is 12.1. The minimum Gasteiger partial charge on any atom is -0.381 e. The van der Waals surface area contributed by atoms with Crippen molar-refractivity contribution in [2.75, 3.05) is 18.5 Å². The van der Waals surface area contributed by atoms with Gasteiger partial charge in [0.2, 0.25) is 0 Å². The van der Waals surface area contributed by atoms with Gasteiger partial charge in [0.15, 0.2) is 0 Å². The van der Waals surface area contributed by atoms with Gasteiger partial charge in [-0.3, -0.25) is 4.79 Å². The van der Waals surface area contributed by atoms with Crippen LogP contribution in [-0.4, -0.2) is 30.0 Å². The van der Waals surface area contributed by atoms with E-state index < -0.39 is 0 Å². The molecule has 0 atom stereocenters. The number of hydrogen-bond acceptors (Lipinski definition) is 3. The third-order valence-electron chi connectivity index (χ3n) is 3.05. The molecule has 0 saturated carbocycles. The predicted octanol–water partition coefficient (Wildman–Crippen LogP) is 2.73. The van der Waals surface area contributed by atoms with E-state index in [0.29, 0.717) is 0 Å². The second-order valence-electron chi connectivity index (χ2n) is 4.39. The quantitative estimate of drug-likeness (QED) is 0.870. The minimum atomic E-state index is -0.146. The van der Waals surface area contributed by atoms with Crippen LogP contribution in [0.3, 0.4) is 0 Å². The number of nitrogens with one attached hydrogen (secondary N) is 1. The molecule has 2 rings (SSSR count). The van der Waals surface area contributed by atoms with Gasteiger partial charge in [0.25, 0.3) is 5.91 Å². The topological polar surface area (TPSA) is 38.3 Å². The highest BCUT2D eigenvalue weighted by Crippen LogP contribution is 2.24. The number of rotatable bonds is 3. The molecule has 0 radical (unpaired) electrons. The molecule has 1 amide bonds. The molecule has 0 spiro atoms. The van der Waals surface area contributed by atoms with Gasteiger partial charge in [0.1, 0.15) is 0 Å². The zero-order valence-electron chi connectivity index (χ0n) is 9.79. The second-order valence-corrected chi connectivity index (χ2v) is 6.24. The fourth-order valence-corrected chi connectivity index (χ4v) is 3.38. The summed E-state index contributed by atoms with van der Waals surface area (Å²) < 4.78 is 5.35. The highest BCUT2D eigenvalue weighted by molar-refractivity contribution is 9.09. The van der Waals surface area contributed by atoms with Crippen molar-refractivity contribution in [2.24, 2.45) is 0 Å². The maximum absolute atomic E-state index is 12.1. The number of aryl methyl sites for hydroxylation is 1. The third-order valence-corrected chi connectivity index (χ3v) is 5.12. The van der Waals surface area contributed by atoms with Gasteiger partial charge >= 0.3 is 0 Å². The fraction of sp³-hybridized carbons (Fsp3) is 0.583. The molecule has 1 aromatic heterocycles. The van der Waals surface area contributed by atoms with Crippen molar-refractivity contribution in [1.82, 2.24) is 5.32 Å². The van der Waals surface area contributed by atoms with Crippen LogP contribution in [-0.2, 0) is 4.74 Å². The summed E-state index contributed by atoms with van der Waals surface area (Å²) in [6.07, 6.45) is 1.74. The standard InChI is InChI=1S/C12H16BrNO2S/c1-9-2-3-10(17-9)11(15)14-12(8-13)4-6-16-7-5-12/h2-3H,4-8H2,1H3,(H,14,15). The van der Waals surface area contributed by atoms with Gasteiger partial charge in [-0.1, -0.05) is 15.9 Å². The zero-order valence-corrected chi connectivity index (χ0v) is 12.2. The van der Waals surface area contributed by atoms with Crippen molar-refractivity contribution in [1.29, 1.82) is 0 Å². The van der Waals surface area contributed by atoms with Crippen molar-refractivity contribution >= 4 is 33.2 Å². The summed E-state index contributed by atoms with van der Waals surface area (Å²) in [6.45, 7) is 3.45. The fourth-order valence-electron chi connectivity index (χ4n) is 1.91. The van der Waals surface area contributed by atoms with Crippen LogP contribution in [0.5, 0.6) is 0 Å². The van der Waals surface area contributed by atoms with E-state index in [9.17, 15) is 4.79 Å². The lowest BCUT2D eigenvalue weighted by Gasteiger charge is -2.36. The normalized spacial score (nSPS) is 18.9. The number of halogens is 1. The van der Waals surface area contributed by atoms with Crippen LogP contribution in [0.1, 0.15) is 27.4 Å². The van der Waals surface area contributed by atoms with E-state index in [0.717, 1.165) is 41.1 Å². The number of carbonyl (C=O) groups is 1. The number of hydrogen-bond donors (Lipinski definition) is 1. The predicted molar refractivity (Wildman–Crippen MR) is 73.1 cm³/mol. The zero-order chi connectivity index (χ0) is 12.3. The summed E-state index contributed by atoms with van der Waals surface area (Å²) >= 11 is 5.04. The Morgan fingerprint density at radius 3 is 2.76 bits per heavy atom. The molecule has 1 fully saturated rings. The Labute approximate surface area is 114 Å². The molecule has 1 aliphatic heterocycles. The Balaban J connectivity index is 2.05. The van der Waals surface area contributed by atoms with Crippen LogP contribution >= 0.6 is 27.3 Å². The van der Waals surface area contributed by atoms with E-state index in [1.165, 1.54) is 11.3 Å². The molecule has 1 aromatic rings. The summed E-state index contributed by atoms with van der Waals surface area (Å²) in [6, 6.07) is 3.86. The molecule has 1 N–H and O–H groups in total. The molecule has 1 saturated heterocycles. The van der Waals surface area contributed by atoms with Crippen LogP contribution in [0, 0.1) is 6.92 Å². The second kappa shape index (κ2) is 5.50. The van der Waals surface area contributed by atoms with Crippen LogP contribution in [0.15, 0.2) is 12.1 Å². The molecule has 0 bridgehead atoms. The van der Waals surface area contributed by atoms with Crippen LogP contribution in [0.4, 0.5) is 0 Å². The molecule has 17 heavy (non-hydrogen) atoms. The van der Waals surface area contributed by atoms with Gasteiger partial charge in [-0.05, 0) is 31.9 Å². The largest absolute Gasteiger partial charge is 0.381 e. The SMILES string of the molecule is Cc1ccc(C(=O)NC2(CBr)CCOCC2)s1. The average molecular weight is 318 g/mol. The highest BCUT2D eigenvalue weighted by Gasteiger charge is 2.33. The van der Waals surface area contributed by atoms with Gasteiger partial charge in [-0.25, -0.2) is 0 Å². The summed E-state index contributed by atoms with van der Waals surface area (Å²) in [7, 11) is 0. The van der Waals surface area contributed by atoms with E-state index in [4.69, 9.17) is 4.74 Å². The number of ether oxygens (including phenoxy) is 1. The lowest BCUT2D eigenvalue weighted by atomic mass is 9.92. The van der Waals surface area contributed by atoms with Gasteiger partial charge in [0, 0.05) is 23.4 Å². The molecular formula is C12H16BrNO2S. The lowest BCUT2D eigenvalue weighted by molar-refractivity contribution is 0.0443. The first-order chi connectivity index (χ1) is 8.15. The van der Waals surface area contributed by atoms with E-state index in [-0.39, 0.29) is 11.4 Å². The molecule has 2 heterocycles. The average Bonchev–Trinajstić information content (AvgIpc) is 2.77. The van der Waals surface area contributed by atoms with Gasteiger partial charge in [-0.2, -0.15) is 0 Å². The molecule has 0 aromatic carbocycles. The highest BCUT2D eigenvalue weighted by atomic mass is 79.9. The monoisotopic (exact) mass is 317 g/mol. The van der Waals surface area contributed by atoms with Crippen molar-refractivity contribution in [2.45, 2.75) is 25.3 Å². The summed E-state index contributed by atoms with van der Waals surface area (Å²) in [5.41, 5.74) is -0.146. The Kier molecular flexibility index (Phi) is 4.22. The molecule has 0 unspecified atom stereocenters. The van der Waals surface area contributed by atoms with Crippen molar-refractivity contribution in [3.63, 3.8) is 0 Å². The Hall–Kier alpha value is -0.390. The van der Waals surface area contributed by atoms with Crippen LogP contribution < -0.4 is 5.32 Å². The van der Waals surface area contributed by atoms with E-state index >= 15 is 0 Å². The maximum Gasteiger partial charge on any atom is 0.261 e. The van der Waals surface area contributed by atoms with Gasteiger partial charge in [-0.15, -0.1) is 11.3 Å². The number of carbonyl (C=O) groups excluding carboxylic acids is 1. The number of amides is 1. The lowest BCUT2D eigenvalue weighted by Crippen LogP contribution is -2.53. The van der Waals surface area contributed by atoms with E-state index in [1.54, 1.807) is 0 Å². The van der Waals surface area contributed by atoms with Crippen LogP contribution in [0.2, 0.25) is 0 Å². The van der Waals surface area contributed by atoms with Crippen LogP contribution in [0.25, 0.3) is 0 Å². The molecular weight excluding hydrogens is 302 g/mol. The Morgan fingerprint density at radius 2 is 2.24 bits per heavy atom. The van der Waals surface area contributed by atoms with Crippen molar-refractivity contribution in [3.8, 4) is 0 Å². The summed E-state index contributed by atoms with van der Waals surface area (Å²) in [5.74, 6) is 0.0319. The molecule has 1 aliphatic rings. The van der Waals surface area contributed by atoms with Crippen molar-refractivity contribution < 1.29 is 9.53 Å². The Bertz CT molecular complexity index is 399. The van der Waals surface area contributed by atoms with Crippen molar-refractivity contribution in [3.05, 3.63) is 21.9 Å². The molecule has 3 nitrogen and oxygen atoms in total. The minimum absolute atomic E-state index is 0.0319. The smallest absolute Gasteiger partial charge is 0.261 e. The first-order valence-corrected chi connectivity index (χ1v) is 7.62. The van der Waals surface area contributed by atoms with E-state index in [1.807, 2.05) is 19.1 Å². The summed E-state index contributed by atoms with van der Waals surface area (Å²) in [5, 5.41) is 3.93. The molecule has 0 aliphatic carbocycles. The summed E-state index contributed by atoms with van der Waals surface area (Å²) in [4.78, 5) is 14.1. The van der Waals surface area contributed by atoms with Gasteiger partial charge < -0.3 is 10.1 Å². The first-order valence-electron chi connectivity index (χ1n) is 5.68. The van der Waals surface area contributed by atoms with Gasteiger partial charge in [0.05, 0.1) is 10.4 Å². The number of alkyl halides is 1. The van der Waals surface area contributed by atoms with E-state index in [2.05, 4.69) is 21.2 Å². The Morgan fingerprint density at radius 1 is 1.53 bits per heavy atom. The number of thiophene rings is 1.